The van der Waals surface area contributed by atoms with Crippen LogP contribution < -0.4 is 10.6 Å². The second-order valence-electron chi connectivity index (χ2n) is 7.44. The molecule has 1 aliphatic carbocycles. The summed E-state index contributed by atoms with van der Waals surface area (Å²) in [5.74, 6) is 0. The van der Waals surface area contributed by atoms with Crippen molar-refractivity contribution in [2.45, 2.75) is 48.0 Å². The van der Waals surface area contributed by atoms with Gasteiger partial charge in [-0.3, -0.25) is 0 Å². The predicted octanol–water partition coefficient (Wildman–Crippen LogP) is 5.61. The van der Waals surface area contributed by atoms with Crippen LogP contribution in [0.3, 0.4) is 0 Å². The van der Waals surface area contributed by atoms with E-state index in [0.29, 0.717) is 0 Å². The topological polar surface area (TPSA) is 24.1 Å². The minimum Gasteiger partial charge on any atom is -0.383 e. The Balaban J connectivity index is 1.93. The van der Waals surface area contributed by atoms with Gasteiger partial charge in [-0.05, 0) is 67.9 Å². The van der Waals surface area contributed by atoms with Crippen molar-refractivity contribution >= 4 is 17.3 Å². The van der Waals surface area contributed by atoms with Crippen molar-refractivity contribution in [2.24, 2.45) is 5.41 Å². The molecule has 0 bridgehead atoms. The normalized spacial score (nSPS) is 17.1. The Morgan fingerprint density at radius 1 is 1.04 bits per heavy atom. The first kappa shape index (κ1) is 17.9. The number of rotatable bonds is 5. The zero-order chi connectivity index (χ0) is 17.2. The van der Waals surface area contributed by atoms with Crippen molar-refractivity contribution in [2.75, 3.05) is 18.4 Å². The van der Waals surface area contributed by atoms with Gasteiger partial charge in [0.15, 0.2) is 0 Å². The molecule has 2 N–H and O–H groups in total. The van der Waals surface area contributed by atoms with Gasteiger partial charge in [0, 0.05) is 18.8 Å². The summed E-state index contributed by atoms with van der Waals surface area (Å²) in [6, 6.07) is 4.16. The molecule has 0 aliphatic heterocycles. The number of halogens is 1. The van der Waals surface area contributed by atoms with E-state index in [1.165, 1.54) is 28.0 Å². The van der Waals surface area contributed by atoms with E-state index < -0.39 is 0 Å². The van der Waals surface area contributed by atoms with Crippen LogP contribution in [-0.4, -0.2) is 13.1 Å². The fourth-order valence-electron chi connectivity index (χ4n) is 3.62. The Morgan fingerprint density at radius 3 is 2.30 bits per heavy atom. The minimum absolute atomic E-state index is 0.268. The maximum atomic E-state index is 6.34. The van der Waals surface area contributed by atoms with Crippen LogP contribution in [0.15, 0.2) is 35.1 Å². The lowest BCUT2D eigenvalue weighted by atomic mass is 9.79. The molecule has 0 saturated carbocycles. The van der Waals surface area contributed by atoms with Crippen molar-refractivity contribution < 1.29 is 0 Å². The molecule has 0 spiro atoms. The summed E-state index contributed by atoms with van der Waals surface area (Å²) < 4.78 is 0. The van der Waals surface area contributed by atoms with Crippen LogP contribution in [0.25, 0.3) is 0 Å². The summed E-state index contributed by atoms with van der Waals surface area (Å²) in [7, 11) is 0. The third kappa shape index (κ3) is 4.54. The van der Waals surface area contributed by atoms with Gasteiger partial charge in [-0.15, -0.1) is 0 Å². The standard InChI is InChI=1S/C20H29ClN2/c1-13-9-14(2)19(17(21)10-13)23-8-7-22-18-15(3)11-20(5,6)12-16(18)4/h9-11,22-23H,7-8,12H2,1-6H3. The van der Waals surface area contributed by atoms with Crippen LogP contribution in [0.1, 0.15) is 45.2 Å². The molecule has 2 rings (SSSR count). The van der Waals surface area contributed by atoms with Crippen molar-refractivity contribution in [1.82, 2.24) is 5.32 Å². The van der Waals surface area contributed by atoms with E-state index in [4.69, 9.17) is 11.6 Å². The van der Waals surface area contributed by atoms with E-state index in [0.717, 1.165) is 30.2 Å². The molecule has 0 atom stereocenters. The summed E-state index contributed by atoms with van der Waals surface area (Å²) in [5.41, 5.74) is 7.80. The van der Waals surface area contributed by atoms with Crippen LogP contribution in [0.2, 0.25) is 5.02 Å². The number of allylic oxidation sites excluding steroid dienone is 3. The highest BCUT2D eigenvalue weighted by molar-refractivity contribution is 6.33. The first-order valence-electron chi connectivity index (χ1n) is 8.34. The molecule has 126 valence electrons. The van der Waals surface area contributed by atoms with Gasteiger partial charge in [-0.1, -0.05) is 37.6 Å². The van der Waals surface area contributed by atoms with Gasteiger partial charge < -0.3 is 10.6 Å². The average molecular weight is 333 g/mol. The zero-order valence-electron chi connectivity index (χ0n) is 15.2. The molecule has 0 aromatic heterocycles. The van der Waals surface area contributed by atoms with Crippen LogP contribution in [0.4, 0.5) is 5.69 Å². The quantitative estimate of drug-likeness (QED) is 0.685. The fourth-order valence-corrected chi connectivity index (χ4v) is 4.01. The molecule has 1 aromatic carbocycles. The van der Waals surface area contributed by atoms with Gasteiger partial charge in [-0.25, -0.2) is 0 Å². The lowest BCUT2D eigenvalue weighted by molar-refractivity contribution is 0.459. The number of hydrogen-bond acceptors (Lipinski definition) is 2. The van der Waals surface area contributed by atoms with Crippen molar-refractivity contribution in [1.29, 1.82) is 0 Å². The highest BCUT2D eigenvalue weighted by Crippen LogP contribution is 2.35. The van der Waals surface area contributed by atoms with Gasteiger partial charge in [0.1, 0.15) is 0 Å². The van der Waals surface area contributed by atoms with Crippen molar-refractivity contribution in [3.8, 4) is 0 Å². The summed E-state index contributed by atoms with van der Waals surface area (Å²) in [6.07, 6.45) is 3.49. The molecule has 0 heterocycles. The smallest absolute Gasteiger partial charge is 0.0642 e. The summed E-state index contributed by atoms with van der Waals surface area (Å²) in [6.45, 7) is 14.9. The predicted molar refractivity (Wildman–Crippen MR) is 102 cm³/mol. The summed E-state index contributed by atoms with van der Waals surface area (Å²) >= 11 is 6.34. The molecule has 0 saturated heterocycles. The number of anilines is 1. The lowest BCUT2D eigenvalue weighted by Gasteiger charge is -2.30. The van der Waals surface area contributed by atoms with E-state index in [9.17, 15) is 0 Å². The maximum absolute atomic E-state index is 6.34. The maximum Gasteiger partial charge on any atom is 0.0642 e. The lowest BCUT2D eigenvalue weighted by Crippen LogP contribution is -2.27. The third-order valence-electron chi connectivity index (χ3n) is 4.31. The Hall–Kier alpha value is -1.41. The van der Waals surface area contributed by atoms with E-state index in [2.05, 4.69) is 64.3 Å². The molecular weight excluding hydrogens is 304 g/mol. The molecule has 3 heteroatoms. The van der Waals surface area contributed by atoms with E-state index in [1.54, 1.807) is 0 Å². The molecule has 1 aromatic rings. The zero-order valence-corrected chi connectivity index (χ0v) is 16.0. The highest BCUT2D eigenvalue weighted by atomic mass is 35.5. The molecule has 2 nitrogen and oxygen atoms in total. The summed E-state index contributed by atoms with van der Waals surface area (Å²) in [5, 5.41) is 7.84. The van der Waals surface area contributed by atoms with Crippen LogP contribution in [0.5, 0.6) is 0 Å². The van der Waals surface area contributed by atoms with Gasteiger partial charge in [0.05, 0.1) is 10.7 Å². The van der Waals surface area contributed by atoms with Gasteiger partial charge in [0.25, 0.3) is 0 Å². The molecule has 1 aliphatic rings. The van der Waals surface area contributed by atoms with E-state index in [1.807, 2.05) is 6.07 Å². The van der Waals surface area contributed by atoms with E-state index >= 15 is 0 Å². The molecular formula is C20H29ClN2. The number of benzene rings is 1. The number of aryl methyl sites for hydroxylation is 2. The highest BCUT2D eigenvalue weighted by Gasteiger charge is 2.23. The fraction of sp³-hybridized carbons (Fsp3) is 0.500. The number of hydrogen-bond donors (Lipinski definition) is 2. The Bertz CT molecular complexity index is 631. The van der Waals surface area contributed by atoms with Crippen LogP contribution in [0, 0.1) is 19.3 Å². The van der Waals surface area contributed by atoms with Crippen LogP contribution in [-0.2, 0) is 0 Å². The van der Waals surface area contributed by atoms with E-state index in [-0.39, 0.29) is 5.41 Å². The van der Waals surface area contributed by atoms with Gasteiger partial charge in [0.2, 0.25) is 0 Å². The number of nitrogens with one attached hydrogen (secondary N) is 2. The molecule has 0 fully saturated rings. The first-order valence-corrected chi connectivity index (χ1v) is 8.71. The average Bonchev–Trinajstić information content (AvgIpc) is 2.37. The van der Waals surface area contributed by atoms with Crippen molar-refractivity contribution in [3.63, 3.8) is 0 Å². The second-order valence-corrected chi connectivity index (χ2v) is 7.85. The largest absolute Gasteiger partial charge is 0.383 e. The first-order chi connectivity index (χ1) is 10.7. The third-order valence-corrected chi connectivity index (χ3v) is 4.61. The van der Waals surface area contributed by atoms with Crippen molar-refractivity contribution in [3.05, 3.63) is 51.2 Å². The monoisotopic (exact) mass is 332 g/mol. The SMILES string of the molecule is CC1=CC(C)(C)CC(C)=C1NCCNc1c(C)cc(C)cc1Cl. The Morgan fingerprint density at radius 2 is 1.70 bits per heavy atom. The molecule has 0 radical (unpaired) electrons. The molecule has 0 unspecified atom stereocenters. The second kappa shape index (κ2) is 7.00. The van der Waals surface area contributed by atoms with Crippen LogP contribution >= 0.6 is 11.6 Å². The minimum atomic E-state index is 0.268. The Kier molecular flexibility index (Phi) is 5.46. The molecule has 23 heavy (non-hydrogen) atoms. The molecule has 0 amide bonds. The van der Waals surface area contributed by atoms with Gasteiger partial charge in [-0.2, -0.15) is 0 Å². The Labute approximate surface area is 146 Å². The van der Waals surface area contributed by atoms with Gasteiger partial charge >= 0.3 is 0 Å². The summed E-state index contributed by atoms with van der Waals surface area (Å²) in [4.78, 5) is 0.